The number of thiophene rings is 1. The fourth-order valence-corrected chi connectivity index (χ4v) is 3.00. The van der Waals surface area contributed by atoms with Crippen molar-refractivity contribution >= 4 is 29.3 Å². The van der Waals surface area contributed by atoms with Crippen LogP contribution in [0.1, 0.15) is 45.8 Å². The van der Waals surface area contributed by atoms with Crippen molar-refractivity contribution in [3.8, 4) is 0 Å². The van der Waals surface area contributed by atoms with E-state index in [2.05, 4.69) is 5.32 Å². The standard InChI is InChI=1S/C15H19NO3S/c1-10-9-13(20-12(10)6-7-14(17)18)15(19)16-8-2-3-11-4-5-11/h6-7,9,11H,2-5,8H2,1H3,(H,16,19)(H,17,18)/b7-6+. The van der Waals surface area contributed by atoms with Crippen molar-refractivity contribution in [2.45, 2.75) is 32.6 Å². The lowest BCUT2D eigenvalue weighted by molar-refractivity contribution is -0.131. The fraction of sp³-hybridized carbons (Fsp3) is 0.467. The van der Waals surface area contributed by atoms with Gasteiger partial charge in [0, 0.05) is 17.5 Å². The quantitative estimate of drug-likeness (QED) is 0.600. The Bertz CT molecular complexity index is 529. The molecule has 1 aliphatic carbocycles. The molecule has 0 bridgehead atoms. The van der Waals surface area contributed by atoms with Gasteiger partial charge in [0.15, 0.2) is 0 Å². The number of aliphatic carboxylic acids is 1. The number of carbonyl (C=O) groups excluding carboxylic acids is 1. The number of nitrogens with one attached hydrogen (secondary N) is 1. The predicted molar refractivity (Wildman–Crippen MR) is 80.0 cm³/mol. The molecule has 108 valence electrons. The van der Waals surface area contributed by atoms with Crippen molar-refractivity contribution in [1.82, 2.24) is 5.32 Å². The molecule has 0 atom stereocenters. The van der Waals surface area contributed by atoms with E-state index in [1.165, 1.54) is 36.7 Å². The van der Waals surface area contributed by atoms with Crippen LogP contribution in [0.2, 0.25) is 0 Å². The van der Waals surface area contributed by atoms with Crippen molar-refractivity contribution in [2.75, 3.05) is 6.54 Å². The molecule has 4 nitrogen and oxygen atoms in total. The molecule has 2 rings (SSSR count). The maximum absolute atomic E-state index is 12.0. The first-order valence-electron chi connectivity index (χ1n) is 6.86. The Balaban J connectivity index is 1.85. The molecular weight excluding hydrogens is 274 g/mol. The number of carboxylic acids is 1. The summed E-state index contributed by atoms with van der Waals surface area (Å²) in [5.74, 6) is -0.156. The van der Waals surface area contributed by atoms with Crippen LogP contribution in [-0.2, 0) is 4.79 Å². The number of hydrogen-bond acceptors (Lipinski definition) is 3. The zero-order chi connectivity index (χ0) is 14.5. The van der Waals surface area contributed by atoms with E-state index in [1.54, 1.807) is 0 Å². The maximum Gasteiger partial charge on any atom is 0.328 e. The molecule has 2 N–H and O–H groups in total. The minimum Gasteiger partial charge on any atom is -0.478 e. The first-order chi connectivity index (χ1) is 9.56. The summed E-state index contributed by atoms with van der Waals surface area (Å²) in [7, 11) is 0. The van der Waals surface area contributed by atoms with Crippen molar-refractivity contribution < 1.29 is 14.7 Å². The minimum atomic E-state index is -0.983. The van der Waals surface area contributed by atoms with E-state index in [4.69, 9.17) is 5.11 Å². The van der Waals surface area contributed by atoms with Gasteiger partial charge < -0.3 is 10.4 Å². The summed E-state index contributed by atoms with van der Waals surface area (Å²) in [6.07, 6.45) is 7.56. The molecule has 1 saturated carbocycles. The van der Waals surface area contributed by atoms with Gasteiger partial charge in [-0.15, -0.1) is 11.3 Å². The molecule has 1 aromatic heterocycles. The number of rotatable bonds is 7. The van der Waals surface area contributed by atoms with E-state index < -0.39 is 5.97 Å². The van der Waals surface area contributed by atoms with E-state index in [9.17, 15) is 9.59 Å². The van der Waals surface area contributed by atoms with Crippen LogP contribution in [0.15, 0.2) is 12.1 Å². The Morgan fingerprint density at radius 3 is 2.90 bits per heavy atom. The second-order valence-electron chi connectivity index (χ2n) is 5.17. The van der Waals surface area contributed by atoms with Crippen LogP contribution >= 0.6 is 11.3 Å². The smallest absolute Gasteiger partial charge is 0.328 e. The Morgan fingerprint density at radius 2 is 2.25 bits per heavy atom. The van der Waals surface area contributed by atoms with Crippen molar-refractivity contribution in [3.63, 3.8) is 0 Å². The Labute approximate surface area is 122 Å². The first kappa shape index (κ1) is 14.8. The van der Waals surface area contributed by atoms with Gasteiger partial charge in [0.2, 0.25) is 0 Å². The van der Waals surface area contributed by atoms with Crippen LogP contribution < -0.4 is 5.32 Å². The molecule has 1 fully saturated rings. The molecule has 1 aliphatic rings. The molecule has 0 aliphatic heterocycles. The molecule has 20 heavy (non-hydrogen) atoms. The Morgan fingerprint density at radius 1 is 1.50 bits per heavy atom. The summed E-state index contributed by atoms with van der Waals surface area (Å²) in [6, 6.07) is 1.81. The average molecular weight is 293 g/mol. The van der Waals surface area contributed by atoms with E-state index in [0.717, 1.165) is 28.9 Å². The van der Waals surface area contributed by atoms with E-state index in [1.807, 2.05) is 13.0 Å². The van der Waals surface area contributed by atoms with Gasteiger partial charge in [0.25, 0.3) is 5.91 Å². The number of amides is 1. The molecule has 5 heteroatoms. The molecule has 1 aromatic rings. The highest BCUT2D eigenvalue weighted by atomic mass is 32.1. The van der Waals surface area contributed by atoms with Gasteiger partial charge in [-0.25, -0.2) is 4.79 Å². The monoisotopic (exact) mass is 293 g/mol. The summed E-state index contributed by atoms with van der Waals surface area (Å²) in [5.41, 5.74) is 0.927. The third-order valence-electron chi connectivity index (χ3n) is 3.33. The number of hydrogen-bond donors (Lipinski definition) is 2. The van der Waals surface area contributed by atoms with E-state index >= 15 is 0 Å². The molecular formula is C15H19NO3S. The summed E-state index contributed by atoms with van der Waals surface area (Å²) < 4.78 is 0. The Hall–Kier alpha value is -1.62. The third-order valence-corrected chi connectivity index (χ3v) is 4.53. The summed E-state index contributed by atoms with van der Waals surface area (Å²) in [4.78, 5) is 23.9. The minimum absolute atomic E-state index is 0.0659. The summed E-state index contributed by atoms with van der Waals surface area (Å²) >= 11 is 1.32. The average Bonchev–Trinajstić information content (AvgIpc) is 3.14. The lowest BCUT2D eigenvalue weighted by Gasteiger charge is -2.02. The number of carboxylic acid groups (broad SMARTS) is 1. The molecule has 1 heterocycles. The van der Waals surface area contributed by atoms with Crippen LogP contribution in [0.25, 0.3) is 6.08 Å². The SMILES string of the molecule is Cc1cc(C(=O)NCCCC2CC2)sc1/C=C/C(=O)O. The predicted octanol–water partition coefficient (Wildman–Crippen LogP) is 3.07. The Kier molecular flexibility index (Phi) is 4.95. The molecule has 0 spiro atoms. The maximum atomic E-state index is 12.0. The van der Waals surface area contributed by atoms with Gasteiger partial charge in [0.05, 0.1) is 4.88 Å². The van der Waals surface area contributed by atoms with Gasteiger partial charge in [-0.05, 0) is 43.4 Å². The molecule has 0 unspecified atom stereocenters. The van der Waals surface area contributed by atoms with E-state index in [-0.39, 0.29) is 5.91 Å². The lowest BCUT2D eigenvalue weighted by atomic mass is 10.2. The number of carbonyl (C=O) groups is 2. The molecule has 0 aromatic carbocycles. The normalized spacial score (nSPS) is 14.7. The van der Waals surface area contributed by atoms with Crippen LogP contribution in [0.3, 0.4) is 0 Å². The third kappa shape index (κ3) is 4.49. The van der Waals surface area contributed by atoms with Gasteiger partial charge in [-0.2, -0.15) is 0 Å². The van der Waals surface area contributed by atoms with Gasteiger partial charge >= 0.3 is 5.97 Å². The molecule has 0 radical (unpaired) electrons. The van der Waals surface area contributed by atoms with Gasteiger partial charge in [-0.3, -0.25) is 4.79 Å². The topological polar surface area (TPSA) is 66.4 Å². The largest absolute Gasteiger partial charge is 0.478 e. The fourth-order valence-electron chi connectivity index (χ4n) is 2.01. The van der Waals surface area contributed by atoms with Crippen LogP contribution in [0.4, 0.5) is 0 Å². The highest BCUT2D eigenvalue weighted by molar-refractivity contribution is 7.15. The highest BCUT2D eigenvalue weighted by Crippen LogP contribution is 2.33. The summed E-state index contributed by atoms with van der Waals surface area (Å²) in [6.45, 7) is 2.59. The van der Waals surface area contributed by atoms with Crippen LogP contribution in [-0.4, -0.2) is 23.5 Å². The van der Waals surface area contributed by atoms with Crippen molar-refractivity contribution in [3.05, 3.63) is 27.5 Å². The van der Waals surface area contributed by atoms with Crippen LogP contribution in [0.5, 0.6) is 0 Å². The van der Waals surface area contributed by atoms with Crippen LogP contribution in [0, 0.1) is 12.8 Å². The zero-order valence-electron chi connectivity index (χ0n) is 11.5. The van der Waals surface area contributed by atoms with Gasteiger partial charge in [0.1, 0.15) is 0 Å². The van der Waals surface area contributed by atoms with Crippen molar-refractivity contribution in [1.29, 1.82) is 0 Å². The lowest BCUT2D eigenvalue weighted by Crippen LogP contribution is -2.23. The second-order valence-corrected chi connectivity index (χ2v) is 6.25. The number of aryl methyl sites for hydroxylation is 1. The second kappa shape index (κ2) is 6.70. The molecule has 1 amide bonds. The van der Waals surface area contributed by atoms with Crippen molar-refractivity contribution in [2.24, 2.45) is 5.92 Å². The van der Waals surface area contributed by atoms with Gasteiger partial charge in [-0.1, -0.05) is 12.8 Å². The zero-order valence-corrected chi connectivity index (χ0v) is 12.3. The highest BCUT2D eigenvalue weighted by Gasteiger charge is 2.20. The summed E-state index contributed by atoms with van der Waals surface area (Å²) in [5, 5.41) is 11.5. The van der Waals surface area contributed by atoms with E-state index in [0.29, 0.717) is 11.4 Å². The molecule has 0 saturated heterocycles. The first-order valence-corrected chi connectivity index (χ1v) is 7.67.